The number of halogens is 3. The first kappa shape index (κ1) is 21.8. The molecule has 1 unspecified atom stereocenters. The summed E-state index contributed by atoms with van der Waals surface area (Å²) in [6, 6.07) is 10.8. The topological polar surface area (TPSA) is 58.9 Å². The summed E-state index contributed by atoms with van der Waals surface area (Å²) in [6.07, 6.45) is -4.55. The van der Waals surface area contributed by atoms with Crippen LogP contribution in [0.25, 0.3) is 0 Å². The van der Waals surface area contributed by atoms with E-state index in [1.54, 1.807) is 24.3 Å². The zero-order valence-electron chi connectivity index (χ0n) is 16.7. The Kier molecular flexibility index (Phi) is 5.37. The standard InChI is InChI=1S/C21H24BF3O4/c1-18(2)19(3,4)29-22(28-18)17-10-8-14(9-11-17)20(27,13-26)15-6-5-7-16(12-15)21(23,24)25/h5-12,26-27H,13H2,1-4H3. The Balaban J connectivity index is 1.92. The summed E-state index contributed by atoms with van der Waals surface area (Å²) in [6.45, 7) is 6.95. The van der Waals surface area contributed by atoms with E-state index in [0.29, 0.717) is 5.46 Å². The summed E-state index contributed by atoms with van der Waals surface area (Å²) in [7, 11) is -0.607. The molecule has 29 heavy (non-hydrogen) atoms. The van der Waals surface area contributed by atoms with Crippen molar-refractivity contribution in [3.8, 4) is 0 Å². The summed E-state index contributed by atoms with van der Waals surface area (Å²) < 4.78 is 51.1. The molecule has 3 rings (SSSR count). The predicted octanol–water partition coefficient (Wildman–Crippen LogP) is 3.23. The molecule has 0 aliphatic carbocycles. The van der Waals surface area contributed by atoms with E-state index < -0.39 is 42.3 Å². The average Bonchev–Trinajstić information content (AvgIpc) is 2.88. The summed E-state index contributed by atoms with van der Waals surface area (Å²) in [5, 5.41) is 20.8. The molecule has 0 radical (unpaired) electrons. The highest BCUT2D eigenvalue weighted by atomic mass is 19.4. The Hall–Kier alpha value is -1.87. The van der Waals surface area contributed by atoms with Crippen LogP contribution in [0, 0.1) is 0 Å². The van der Waals surface area contributed by atoms with Crippen LogP contribution in [-0.2, 0) is 21.1 Å². The Morgan fingerprint density at radius 3 is 1.86 bits per heavy atom. The van der Waals surface area contributed by atoms with Crippen molar-refractivity contribution in [2.75, 3.05) is 6.61 Å². The summed E-state index contributed by atoms with van der Waals surface area (Å²) in [4.78, 5) is 0. The molecule has 0 saturated carbocycles. The fourth-order valence-corrected chi connectivity index (χ4v) is 3.20. The molecule has 1 aliphatic heterocycles. The van der Waals surface area contributed by atoms with Crippen molar-refractivity contribution in [3.05, 3.63) is 65.2 Å². The van der Waals surface area contributed by atoms with Crippen LogP contribution >= 0.6 is 0 Å². The molecule has 4 nitrogen and oxygen atoms in total. The van der Waals surface area contributed by atoms with E-state index in [1.165, 1.54) is 12.1 Å². The minimum Gasteiger partial charge on any atom is -0.399 e. The van der Waals surface area contributed by atoms with Crippen molar-refractivity contribution in [1.29, 1.82) is 0 Å². The van der Waals surface area contributed by atoms with Crippen LogP contribution in [0.3, 0.4) is 0 Å². The van der Waals surface area contributed by atoms with Crippen molar-refractivity contribution in [2.45, 2.75) is 50.7 Å². The quantitative estimate of drug-likeness (QED) is 0.763. The fraction of sp³-hybridized carbons (Fsp3) is 0.429. The molecular formula is C21H24BF3O4. The van der Waals surface area contributed by atoms with Gasteiger partial charge in [-0.25, -0.2) is 0 Å². The maximum absolute atomic E-state index is 13.0. The largest absolute Gasteiger partial charge is 0.494 e. The van der Waals surface area contributed by atoms with Crippen molar-refractivity contribution in [3.63, 3.8) is 0 Å². The van der Waals surface area contributed by atoms with E-state index in [-0.39, 0.29) is 11.1 Å². The van der Waals surface area contributed by atoms with Gasteiger partial charge in [-0.1, -0.05) is 36.4 Å². The van der Waals surface area contributed by atoms with E-state index in [1.807, 2.05) is 27.7 Å². The number of aliphatic hydroxyl groups excluding tert-OH is 1. The second-order valence-corrected chi connectivity index (χ2v) is 8.31. The van der Waals surface area contributed by atoms with Gasteiger partial charge < -0.3 is 19.5 Å². The summed E-state index contributed by atoms with van der Waals surface area (Å²) >= 11 is 0. The van der Waals surface area contributed by atoms with Gasteiger partial charge in [-0.3, -0.25) is 0 Å². The van der Waals surface area contributed by atoms with Gasteiger partial charge in [0.15, 0.2) is 0 Å². The minimum atomic E-state index is -4.55. The normalized spacial score (nSPS) is 20.5. The second-order valence-electron chi connectivity index (χ2n) is 8.31. The van der Waals surface area contributed by atoms with Crippen LogP contribution in [-0.4, -0.2) is 35.1 Å². The maximum atomic E-state index is 13.0. The molecule has 2 aromatic rings. The lowest BCUT2D eigenvalue weighted by Crippen LogP contribution is -2.41. The Morgan fingerprint density at radius 1 is 0.862 bits per heavy atom. The Morgan fingerprint density at radius 2 is 1.38 bits per heavy atom. The molecule has 156 valence electrons. The third-order valence-electron chi connectivity index (χ3n) is 5.81. The van der Waals surface area contributed by atoms with Crippen molar-refractivity contribution in [1.82, 2.24) is 0 Å². The van der Waals surface area contributed by atoms with Gasteiger partial charge in [-0.2, -0.15) is 13.2 Å². The average molecular weight is 408 g/mol. The van der Waals surface area contributed by atoms with Crippen LogP contribution in [0.1, 0.15) is 44.4 Å². The first-order valence-corrected chi connectivity index (χ1v) is 9.27. The third-order valence-corrected chi connectivity index (χ3v) is 5.81. The zero-order chi connectivity index (χ0) is 21.7. The van der Waals surface area contributed by atoms with Crippen molar-refractivity contribution >= 4 is 12.6 Å². The smallest absolute Gasteiger partial charge is 0.399 e. The van der Waals surface area contributed by atoms with Gasteiger partial charge in [0.05, 0.1) is 23.4 Å². The van der Waals surface area contributed by atoms with Crippen LogP contribution in [0.4, 0.5) is 13.2 Å². The Bertz CT molecular complexity index is 864. The first-order valence-electron chi connectivity index (χ1n) is 9.27. The van der Waals surface area contributed by atoms with Crippen LogP contribution in [0.15, 0.2) is 48.5 Å². The monoisotopic (exact) mass is 408 g/mol. The molecule has 1 aliphatic rings. The lowest BCUT2D eigenvalue weighted by atomic mass is 9.77. The molecule has 0 amide bonds. The van der Waals surface area contributed by atoms with Gasteiger partial charge in [0.2, 0.25) is 0 Å². The van der Waals surface area contributed by atoms with Crippen molar-refractivity contribution < 1.29 is 32.7 Å². The molecule has 2 N–H and O–H groups in total. The fourth-order valence-electron chi connectivity index (χ4n) is 3.20. The molecule has 2 aromatic carbocycles. The van der Waals surface area contributed by atoms with Crippen LogP contribution in [0.2, 0.25) is 0 Å². The molecule has 0 spiro atoms. The first-order chi connectivity index (χ1) is 13.3. The van der Waals surface area contributed by atoms with Gasteiger partial charge in [0.25, 0.3) is 0 Å². The van der Waals surface area contributed by atoms with Gasteiger partial charge >= 0.3 is 13.3 Å². The lowest BCUT2D eigenvalue weighted by Gasteiger charge is -2.32. The maximum Gasteiger partial charge on any atom is 0.494 e. The molecular weight excluding hydrogens is 384 g/mol. The van der Waals surface area contributed by atoms with E-state index in [0.717, 1.165) is 12.1 Å². The van der Waals surface area contributed by atoms with E-state index in [4.69, 9.17) is 9.31 Å². The van der Waals surface area contributed by atoms with Crippen molar-refractivity contribution in [2.24, 2.45) is 0 Å². The van der Waals surface area contributed by atoms with E-state index in [9.17, 15) is 23.4 Å². The number of hydrogen-bond acceptors (Lipinski definition) is 4. The lowest BCUT2D eigenvalue weighted by molar-refractivity contribution is -0.137. The van der Waals surface area contributed by atoms with Gasteiger partial charge in [-0.15, -0.1) is 0 Å². The van der Waals surface area contributed by atoms with E-state index >= 15 is 0 Å². The molecule has 1 saturated heterocycles. The number of benzene rings is 2. The number of alkyl halides is 3. The van der Waals surface area contributed by atoms with E-state index in [2.05, 4.69) is 0 Å². The molecule has 1 heterocycles. The Labute approximate surface area is 168 Å². The zero-order valence-corrected chi connectivity index (χ0v) is 16.7. The molecule has 1 atom stereocenters. The SMILES string of the molecule is CC1(C)OB(c2ccc(C(O)(CO)c3cccc(C(F)(F)F)c3)cc2)OC1(C)C. The van der Waals surface area contributed by atoms with Crippen LogP contribution in [0.5, 0.6) is 0 Å². The number of hydrogen-bond donors (Lipinski definition) is 2. The van der Waals surface area contributed by atoms with Gasteiger partial charge in [0, 0.05) is 0 Å². The number of rotatable bonds is 4. The molecule has 8 heteroatoms. The summed E-state index contributed by atoms with van der Waals surface area (Å²) in [5.41, 5.74) is -2.97. The van der Waals surface area contributed by atoms with Crippen LogP contribution < -0.4 is 5.46 Å². The van der Waals surface area contributed by atoms with Gasteiger partial charge in [0.1, 0.15) is 5.60 Å². The molecule has 0 bridgehead atoms. The predicted molar refractivity (Wildman–Crippen MR) is 104 cm³/mol. The number of aliphatic hydroxyl groups is 2. The molecule has 0 aromatic heterocycles. The summed E-state index contributed by atoms with van der Waals surface area (Å²) in [5.74, 6) is 0. The highest BCUT2D eigenvalue weighted by Crippen LogP contribution is 2.37. The molecule has 1 fully saturated rings. The second kappa shape index (κ2) is 7.13. The van der Waals surface area contributed by atoms with Gasteiger partial charge in [-0.05, 0) is 56.4 Å². The highest BCUT2D eigenvalue weighted by Gasteiger charge is 2.51. The minimum absolute atomic E-state index is 0.0433. The highest BCUT2D eigenvalue weighted by molar-refractivity contribution is 6.62. The third kappa shape index (κ3) is 3.94.